The highest BCUT2D eigenvalue weighted by Gasteiger charge is 2.09. The Kier molecular flexibility index (Phi) is 4.10. The van der Waals surface area contributed by atoms with Crippen molar-refractivity contribution >= 4 is 0 Å². The first-order valence-electron chi connectivity index (χ1n) is 5.77. The lowest BCUT2D eigenvalue weighted by molar-refractivity contribution is 0.122. The van der Waals surface area contributed by atoms with Gasteiger partial charge in [0.1, 0.15) is 6.54 Å². The van der Waals surface area contributed by atoms with Gasteiger partial charge in [0.05, 0.1) is 11.8 Å². The number of nitrogens with zero attached hydrogens (tertiary/aromatic N) is 2. The summed E-state index contributed by atoms with van der Waals surface area (Å²) in [5, 5.41) is 7.11. The number of rotatable bonds is 2. The molecule has 0 radical (unpaired) electrons. The van der Waals surface area contributed by atoms with Crippen LogP contribution in [0.5, 0.6) is 0 Å². The Bertz CT molecular complexity index is 411. The van der Waals surface area contributed by atoms with Gasteiger partial charge in [0, 0.05) is 12.1 Å². The van der Waals surface area contributed by atoms with Crippen molar-refractivity contribution in [3.63, 3.8) is 0 Å². The maximum atomic E-state index is 12.1. The van der Waals surface area contributed by atoms with Crippen LogP contribution in [0.15, 0.2) is 12.4 Å². The monoisotopic (exact) mass is 239 g/mol. The van der Waals surface area contributed by atoms with Gasteiger partial charge in [-0.1, -0.05) is 11.8 Å². The molecule has 0 bridgehead atoms. The summed E-state index contributed by atoms with van der Waals surface area (Å²) in [6, 6.07) is 0. The number of halogens is 2. The molecule has 1 aliphatic rings. The Morgan fingerprint density at radius 2 is 2.24 bits per heavy atom. The van der Waals surface area contributed by atoms with E-state index in [1.54, 1.807) is 6.20 Å². The van der Waals surface area contributed by atoms with Crippen molar-refractivity contribution in [3.8, 4) is 11.8 Å². The highest BCUT2D eigenvalue weighted by molar-refractivity contribution is 5.30. The summed E-state index contributed by atoms with van der Waals surface area (Å²) in [6.07, 6.45) is 2.84. The Labute approximate surface area is 99.2 Å². The van der Waals surface area contributed by atoms with E-state index in [9.17, 15) is 8.78 Å². The fraction of sp³-hybridized carbons (Fsp3) is 0.583. The van der Waals surface area contributed by atoms with Crippen LogP contribution in [0, 0.1) is 17.8 Å². The molecule has 1 aliphatic heterocycles. The highest BCUT2D eigenvalue weighted by Crippen LogP contribution is 2.10. The van der Waals surface area contributed by atoms with Gasteiger partial charge < -0.3 is 5.32 Å². The molecule has 0 atom stereocenters. The molecule has 5 heteroatoms. The van der Waals surface area contributed by atoms with E-state index in [-0.39, 0.29) is 6.54 Å². The predicted molar refractivity (Wildman–Crippen MR) is 60.7 cm³/mol. The third-order valence-electron chi connectivity index (χ3n) is 2.72. The lowest BCUT2D eigenvalue weighted by atomic mass is 9.99. The second kappa shape index (κ2) is 5.78. The Balaban J connectivity index is 1.93. The first-order valence-corrected chi connectivity index (χ1v) is 5.77. The van der Waals surface area contributed by atoms with Gasteiger partial charge in [0.25, 0.3) is 6.43 Å². The molecular formula is C12H15F2N3. The molecule has 0 aromatic carbocycles. The molecule has 2 heterocycles. The topological polar surface area (TPSA) is 29.9 Å². The van der Waals surface area contributed by atoms with Crippen LogP contribution in [-0.4, -0.2) is 29.3 Å². The lowest BCUT2D eigenvalue weighted by Gasteiger charge is -2.17. The normalized spacial score (nSPS) is 16.9. The fourth-order valence-electron chi connectivity index (χ4n) is 1.82. The molecule has 1 N–H and O–H groups in total. The van der Waals surface area contributed by atoms with Crippen molar-refractivity contribution in [1.82, 2.24) is 15.1 Å². The van der Waals surface area contributed by atoms with Crippen LogP contribution < -0.4 is 5.32 Å². The molecule has 1 saturated heterocycles. The molecule has 92 valence electrons. The van der Waals surface area contributed by atoms with Gasteiger partial charge in [-0.05, 0) is 25.9 Å². The molecule has 3 nitrogen and oxygen atoms in total. The molecule has 0 saturated carbocycles. The maximum Gasteiger partial charge on any atom is 0.257 e. The summed E-state index contributed by atoms with van der Waals surface area (Å²) in [7, 11) is 0. The van der Waals surface area contributed by atoms with Gasteiger partial charge >= 0.3 is 0 Å². The Morgan fingerprint density at radius 1 is 1.47 bits per heavy atom. The van der Waals surface area contributed by atoms with Crippen LogP contribution in [0.1, 0.15) is 18.4 Å². The van der Waals surface area contributed by atoms with Gasteiger partial charge in [-0.2, -0.15) is 5.10 Å². The summed E-state index contributed by atoms with van der Waals surface area (Å²) in [5.41, 5.74) is 0.712. The second-order valence-corrected chi connectivity index (χ2v) is 4.14. The second-order valence-electron chi connectivity index (χ2n) is 4.14. The number of aromatic nitrogens is 2. The molecule has 1 aromatic heterocycles. The van der Waals surface area contributed by atoms with Crippen LogP contribution in [0.3, 0.4) is 0 Å². The minimum Gasteiger partial charge on any atom is -0.317 e. The first kappa shape index (κ1) is 12.1. The molecule has 0 amide bonds. The van der Waals surface area contributed by atoms with Crippen molar-refractivity contribution < 1.29 is 8.78 Å². The van der Waals surface area contributed by atoms with Crippen LogP contribution in [-0.2, 0) is 6.54 Å². The first-order chi connectivity index (χ1) is 8.24. The zero-order valence-electron chi connectivity index (χ0n) is 9.50. The number of piperidine rings is 1. The molecule has 17 heavy (non-hydrogen) atoms. The van der Waals surface area contributed by atoms with E-state index in [2.05, 4.69) is 22.3 Å². The fourth-order valence-corrected chi connectivity index (χ4v) is 1.82. The molecule has 0 aliphatic carbocycles. The third kappa shape index (κ3) is 3.82. The van der Waals surface area contributed by atoms with E-state index in [1.807, 2.05) is 0 Å². The van der Waals surface area contributed by atoms with Crippen LogP contribution in [0.25, 0.3) is 0 Å². The molecule has 1 aromatic rings. The Hall–Kier alpha value is -1.41. The summed E-state index contributed by atoms with van der Waals surface area (Å²) in [5.74, 6) is 6.59. The molecule has 0 unspecified atom stereocenters. The standard InChI is InChI=1S/C12H15F2N3/c13-12(14)9-17-8-11(7-16-17)2-1-10-3-5-15-6-4-10/h7-8,10,12,15H,3-6,9H2. The van der Waals surface area contributed by atoms with E-state index in [0.717, 1.165) is 25.9 Å². The van der Waals surface area contributed by atoms with Crippen LogP contribution >= 0.6 is 0 Å². The van der Waals surface area contributed by atoms with Gasteiger partial charge in [-0.3, -0.25) is 4.68 Å². The van der Waals surface area contributed by atoms with E-state index in [1.165, 1.54) is 10.9 Å². The molecule has 1 fully saturated rings. The SMILES string of the molecule is FC(F)Cn1cc(C#CC2CCNCC2)cn1. The van der Waals surface area contributed by atoms with Crippen LogP contribution in [0.4, 0.5) is 8.78 Å². The van der Waals surface area contributed by atoms with Crippen molar-refractivity contribution in [2.45, 2.75) is 25.8 Å². The van der Waals surface area contributed by atoms with E-state index < -0.39 is 6.43 Å². The number of nitrogens with one attached hydrogen (secondary N) is 1. The van der Waals surface area contributed by atoms with Crippen molar-refractivity contribution in [3.05, 3.63) is 18.0 Å². The quantitative estimate of drug-likeness (QED) is 0.793. The minimum atomic E-state index is -2.37. The van der Waals surface area contributed by atoms with Gasteiger partial charge in [0.2, 0.25) is 0 Å². The maximum absolute atomic E-state index is 12.1. The van der Waals surface area contributed by atoms with Crippen LogP contribution in [0.2, 0.25) is 0 Å². The van der Waals surface area contributed by atoms with Gasteiger partial charge in [0.15, 0.2) is 0 Å². The third-order valence-corrected chi connectivity index (χ3v) is 2.72. The van der Waals surface area contributed by atoms with Gasteiger partial charge in [-0.15, -0.1) is 0 Å². The lowest BCUT2D eigenvalue weighted by Crippen LogP contribution is -2.26. The van der Waals surface area contributed by atoms with Gasteiger partial charge in [-0.25, -0.2) is 8.78 Å². The van der Waals surface area contributed by atoms with Crippen molar-refractivity contribution in [2.24, 2.45) is 5.92 Å². The highest BCUT2D eigenvalue weighted by atomic mass is 19.3. The smallest absolute Gasteiger partial charge is 0.257 e. The predicted octanol–water partition coefficient (Wildman–Crippen LogP) is 1.50. The van der Waals surface area contributed by atoms with E-state index in [4.69, 9.17) is 0 Å². The summed E-state index contributed by atoms with van der Waals surface area (Å²) < 4.78 is 25.4. The summed E-state index contributed by atoms with van der Waals surface area (Å²) in [4.78, 5) is 0. The number of hydrogen-bond donors (Lipinski definition) is 1. The molecular weight excluding hydrogens is 224 g/mol. The van der Waals surface area contributed by atoms with Crippen molar-refractivity contribution in [1.29, 1.82) is 0 Å². The number of alkyl halides is 2. The zero-order chi connectivity index (χ0) is 12.1. The Morgan fingerprint density at radius 3 is 2.94 bits per heavy atom. The molecule has 2 rings (SSSR count). The van der Waals surface area contributed by atoms with E-state index >= 15 is 0 Å². The average molecular weight is 239 g/mol. The average Bonchev–Trinajstić information content (AvgIpc) is 2.75. The largest absolute Gasteiger partial charge is 0.317 e. The minimum absolute atomic E-state index is 0.366. The van der Waals surface area contributed by atoms with Crippen molar-refractivity contribution in [2.75, 3.05) is 13.1 Å². The molecule has 0 spiro atoms. The number of hydrogen-bond acceptors (Lipinski definition) is 2. The summed E-state index contributed by atoms with van der Waals surface area (Å²) in [6.45, 7) is 1.64. The van der Waals surface area contributed by atoms with E-state index in [0.29, 0.717) is 11.5 Å². The zero-order valence-corrected chi connectivity index (χ0v) is 9.50. The summed E-state index contributed by atoms with van der Waals surface area (Å²) >= 11 is 0.